The number of aromatic nitrogens is 1. The molecule has 2 aromatic heterocycles. The van der Waals surface area contributed by atoms with Crippen molar-refractivity contribution in [1.82, 2.24) is 4.98 Å². The lowest BCUT2D eigenvalue weighted by molar-refractivity contribution is 0.101. The zero-order valence-electron chi connectivity index (χ0n) is 16.7. The zero-order valence-corrected chi connectivity index (χ0v) is 17.6. The van der Waals surface area contributed by atoms with Crippen molar-refractivity contribution in [3.8, 4) is 5.88 Å². The van der Waals surface area contributed by atoms with Crippen LogP contribution in [0.25, 0.3) is 11.0 Å². The molecule has 6 heteroatoms. The molecule has 0 saturated carbocycles. The van der Waals surface area contributed by atoms with E-state index < -0.39 is 0 Å². The lowest BCUT2D eigenvalue weighted by atomic mass is 10.0. The fourth-order valence-corrected chi connectivity index (χ4v) is 4.27. The third kappa shape index (κ3) is 4.39. The first-order valence-corrected chi connectivity index (χ1v) is 10.9. The summed E-state index contributed by atoms with van der Waals surface area (Å²) in [5.41, 5.74) is 3.40. The summed E-state index contributed by atoms with van der Waals surface area (Å²) in [4.78, 5) is 26.9. The molecule has 0 unspecified atom stereocenters. The van der Waals surface area contributed by atoms with Crippen molar-refractivity contribution < 1.29 is 14.3 Å². The molecular formula is C24H23NO4S. The van der Waals surface area contributed by atoms with Crippen LogP contribution in [0.3, 0.4) is 0 Å². The molecule has 4 rings (SSSR count). The van der Waals surface area contributed by atoms with Crippen molar-refractivity contribution in [2.45, 2.75) is 39.0 Å². The Balaban J connectivity index is 1.52. The van der Waals surface area contributed by atoms with Crippen molar-refractivity contribution in [1.29, 1.82) is 0 Å². The molecule has 30 heavy (non-hydrogen) atoms. The number of fused-ring (bicyclic) bond motifs is 1. The van der Waals surface area contributed by atoms with E-state index in [1.165, 1.54) is 18.4 Å². The van der Waals surface area contributed by atoms with Crippen LogP contribution < -0.4 is 4.87 Å². The van der Waals surface area contributed by atoms with Crippen LogP contribution in [0.2, 0.25) is 0 Å². The molecule has 5 nitrogen and oxygen atoms in total. The average molecular weight is 422 g/mol. The molecule has 0 aliphatic carbocycles. The number of nitrogens with one attached hydrogen (secondary N) is 1. The molecule has 2 N–H and O–H groups in total. The van der Waals surface area contributed by atoms with Crippen LogP contribution in [-0.4, -0.2) is 15.9 Å². The second-order valence-corrected chi connectivity index (χ2v) is 8.50. The molecule has 0 bridgehead atoms. The van der Waals surface area contributed by atoms with Gasteiger partial charge in [0.15, 0.2) is 5.76 Å². The van der Waals surface area contributed by atoms with Crippen LogP contribution >= 0.6 is 11.3 Å². The maximum absolute atomic E-state index is 12.8. The molecule has 2 heterocycles. The van der Waals surface area contributed by atoms with Gasteiger partial charge < -0.3 is 9.52 Å². The topological polar surface area (TPSA) is 83.3 Å². The first kappa shape index (κ1) is 20.2. The van der Waals surface area contributed by atoms with E-state index in [4.69, 9.17) is 4.42 Å². The summed E-state index contributed by atoms with van der Waals surface area (Å²) in [6, 6.07) is 15.1. The lowest BCUT2D eigenvalue weighted by Crippen LogP contribution is -1.99. The number of unbranched alkanes of at least 4 members (excludes halogenated alkanes) is 2. The summed E-state index contributed by atoms with van der Waals surface area (Å²) in [5, 5.41) is 10.6. The number of aromatic amines is 1. The van der Waals surface area contributed by atoms with E-state index in [0.29, 0.717) is 28.2 Å². The summed E-state index contributed by atoms with van der Waals surface area (Å²) in [6.45, 7) is 2.19. The van der Waals surface area contributed by atoms with Crippen LogP contribution in [0.4, 0.5) is 0 Å². The van der Waals surface area contributed by atoms with E-state index in [1.807, 2.05) is 42.5 Å². The maximum Gasteiger partial charge on any atom is 0.307 e. The Bertz CT molecular complexity index is 1230. The van der Waals surface area contributed by atoms with Gasteiger partial charge in [0.05, 0.1) is 4.88 Å². The fraction of sp³-hybridized carbons (Fsp3) is 0.250. The SMILES string of the molecule is CCCCCc1ccc(C(=O)c2cc3cc(Cc4sc(=O)[nH]c4O)ccc3o2)cc1. The Kier molecular flexibility index (Phi) is 5.86. The van der Waals surface area contributed by atoms with Crippen LogP contribution in [-0.2, 0) is 12.8 Å². The average Bonchev–Trinajstić information content (AvgIpc) is 3.30. The first-order valence-electron chi connectivity index (χ1n) is 10.1. The second kappa shape index (κ2) is 8.71. The number of hydrogen-bond donors (Lipinski definition) is 2. The Labute approximate surface area is 178 Å². The highest BCUT2D eigenvalue weighted by atomic mass is 32.1. The summed E-state index contributed by atoms with van der Waals surface area (Å²) in [6.07, 6.45) is 5.02. The monoisotopic (exact) mass is 421 g/mol. The predicted molar refractivity (Wildman–Crippen MR) is 119 cm³/mol. The van der Waals surface area contributed by atoms with Gasteiger partial charge in [0, 0.05) is 17.4 Å². The molecule has 0 aliphatic rings. The van der Waals surface area contributed by atoms with Crippen molar-refractivity contribution >= 4 is 28.1 Å². The van der Waals surface area contributed by atoms with E-state index in [9.17, 15) is 14.7 Å². The van der Waals surface area contributed by atoms with Crippen molar-refractivity contribution in [2.75, 3.05) is 0 Å². The standard InChI is InChI=1S/C24H23NO4S/c1-2-3-4-5-15-6-9-17(10-7-15)22(26)20-14-18-12-16(8-11-19(18)29-20)13-21-23(27)25-24(28)30-21/h6-12,14,27H,2-5,13H2,1H3,(H,25,28). The van der Waals surface area contributed by atoms with Gasteiger partial charge in [-0.3, -0.25) is 14.6 Å². The number of furan rings is 1. The first-order chi connectivity index (χ1) is 14.5. The molecule has 154 valence electrons. The summed E-state index contributed by atoms with van der Waals surface area (Å²) in [5.74, 6) is 0.0655. The fourth-order valence-electron chi connectivity index (χ4n) is 3.52. The number of carbonyl (C=O) groups excluding carboxylic acids is 1. The van der Waals surface area contributed by atoms with Gasteiger partial charge in [-0.25, -0.2) is 0 Å². The summed E-state index contributed by atoms with van der Waals surface area (Å²) < 4.78 is 5.77. The van der Waals surface area contributed by atoms with Crippen molar-refractivity contribution in [3.63, 3.8) is 0 Å². The van der Waals surface area contributed by atoms with Gasteiger partial charge in [-0.2, -0.15) is 0 Å². The number of ketones is 1. The van der Waals surface area contributed by atoms with Crippen LogP contribution in [0.15, 0.2) is 57.7 Å². The molecule has 0 fully saturated rings. The molecule has 2 aromatic carbocycles. The molecule has 0 amide bonds. The number of thiazole rings is 1. The molecule has 0 atom stereocenters. The Morgan fingerprint density at radius 1 is 1.07 bits per heavy atom. The van der Waals surface area contributed by atoms with Gasteiger partial charge in [-0.1, -0.05) is 61.4 Å². The minimum atomic E-state index is -0.281. The number of hydrogen-bond acceptors (Lipinski definition) is 5. The van der Waals surface area contributed by atoms with Gasteiger partial charge in [-0.05, 0) is 42.2 Å². The minimum absolute atomic E-state index is 0.0914. The normalized spacial score (nSPS) is 11.2. The summed E-state index contributed by atoms with van der Waals surface area (Å²) in [7, 11) is 0. The zero-order chi connectivity index (χ0) is 21.1. The highest BCUT2D eigenvalue weighted by molar-refractivity contribution is 7.09. The van der Waals surface area contributed by atoms with E-state index in [0.717, 1.165) is 35.1 Å². The van der Waals surface area contributed by atoms with E-state index in [2.05, 4.69) is 11.9 Å². The van der Waals surface area contributed by atoms with Gasteiger partial charge in [0.1, 0.15) is 5.58 Å². The molecule has 0 saturated heterocycles. The molecule has 0 radical (unpaired) electrons. The van der Waals surface area contributed by atoms with E-state index in [-0.39, 0.29) is 16.5 Å². The smallest absolute Gasteiger partial charge is 0.307 e. The van der Waals surface area contributed by atoms with E-state index >= 15 is 0 Å². The van der Waals surface area contributed by atoms with Crippen LogP contribution in [0.5, 0.6) is 5.88 Å². The third-order valence-corrected chi connectivity index (χ3v) is 6.03. The highest BCUT2D eigenvalue weighted by Gasteiger charge is 2.16. The number of carbonyl (C=O) groups is 1. The number of rotatable bonds is 8. The Morgan fingerprint density at radius 2 is 1.83 bits per heavy atom. The van der Waals surface area contributed by atoms with Gasteiger partial charge in [0.25, 0.3) is 0 Å². The number of benzene rings is 2. The van der Waals surface area contributed by atoms with Crippen molar-refractivity contribution in [3.05, 3.63) is 85.5 Å². The van der Waals surface area contributed by atoms with Gasteiger partial charge in [-0.15, -0.1) is 0 Å². The molecule has 4 aromatic rings. The second-order valence-electron chi connectivity index (χ2n) is 7.43. The number of aryl methyl sites for hydroxylation is 1. The third-order valence-electron chi connectivity index (χ3n) is 5.15. The summed E-state index contributed by atoms with van der Waals surface area (Å²) >= 11 is 0.990. The van der Waals surface area contributed by atoms with Crippen LogP contribution in [0, 0.1) is 0 Å². The number of H-pyrrole nitrogens is 1. The highest BCUT2D eigenvalue weighted by Crippen LogP contribution is 2.26. The van der Waals surface area contributed by atoms with E-state index in [1.54, 1.807) is 6.07 Å². The maximum atomic E-state index is 12.8. The quantitative estimate of drug-likeness (QED) is 0.293. The molecule has 0 spiro atoms. The van der Waals surface area contributed by atoms with Crippen molar-refractivity contribution in [2.24, 2.45) is 0 Å². The predicted octanol–water partition coefficient (Wildman–Crippen LogP) is 5.44. The lowest BCUT2D eigenvalue weighted by Gasteiger charge is -2.02. The largest absolute Gasteiger partial charge is 0.494 e. The van der Waals surface area contributed by atoms with Gasteiger partial charge in [0.2, 0.25) is 11.7 Å². The van der Waals surface area contributed by atoms with Gasteiger partial charge >= 0.3 is 4.87 Å². The molecule has 0 aliphatic heterocycles. The molecular weight excluding hydrogens is 398 g/mol. The number of aromatic hydroxyl groups is 1. The Morgan fingerprint density at radius 3 is 2.53 bits per heavy atom. The minimum Gasteiger partial charge on any atom is -0.494 e. The van der Waals surface area contributed by atoms with Crippen LogP contribution in [0.1, 0.15) is 58.3 Å². The Hall–Kier alpha value is -3.12.